The molecular weight excluding hydrogens is 657 g/mol. The molecule has 0 spiro atoms. The van der Waals surface area contributed by atoms with E-state index in [1.54, 1.807) is 0 Å². The average molecular weight is 689 g/mol. The van der Waals surface area contributed by atoms with Gasteiger partial charge in [-0.2, -0.15) is 0 Å². The summed E-state index contributed by atoms with van der Waals surface area (Å²) in [5, 5.41) is 6.03. The van der Waals surface area contributed by atoms with E-state index in [0.717, 1.165) is 55.7 Å². The fraction of sp³-hybridized carbons (Fsp3) is 0. The van der Waals surface area contributed by atoms with Gasteiger partial charge in [-0.25, -0.2) is 9.97 Å². The quantitative estimate of drug-likeness (QED) is 0.180. The lowest BCUT2D eigenvalue weighted by atomic mass is 9.97. The zero-order chi connectivity index (χ0) is 35.6. The van der Waals surface area contributed by atoms with E-state index in [4.69, 9.17) is 9.97 Å². The van der Waals surface area contributed by atoms with Crippen LogP contribution in [-0.2, 0) is 0 Å². The molecule has 0 aliphatic heterocycles. The maximum Gasteiger partial charge on any atom is 0.161 e. The van der Waals surface area contributed by atoms with Crippen LogP contribution in [-0.4, -0.2) is 19.1 Å². The first-order chi connectivity index (χ1) is 26.8. The van der Waals surface area contributed by atoms with Crippen LogP contribution in [0.2, 0.25) is 0 Å². The summed E-state index contributed by atoms with van der Waals surface area (Å²) in [6.45, 7) is 0. The zero-order valence-electron chi connectivity index (χ0n) is 29.3. The SMILES string of the molecule is c1ccc(-c2cc(-n3c4ccccc4c4c5c6ccccc6n(-c6ccccc6)c5ccc43)ccc2-c2nc(-c3ccccc3)c3ccccc3n2)cc1. The maximum atomic E-state index is 5.29. The lowest BCUT2D eigenvalue weighted by Gasteiger charge is -2.16. The molecule has 54 heavy (non-hydrogen) atoms. The third-order valence-corrected chi connectivity index (χ3v) is 10.7. The fourth-order valence-corrected chi connectivity index (χ4v) is 8.39. The largest absolute Gasteiger partial charge is 0.309 e. The molecule has 8 aromatic carbocycles. The third-order valence-electron chi connectivity index (χ3n) is 10.7. The summed E-state index contributed by atoms with van der Waals surface area (Å²) in [7, 11) is 0. The number of nitrogens with zero attached hydrogens (tertiary/aromatic N) is 4. The molecule has 0 aliphatic carbocycles. The number of para-hydroxylation sites is 4. The van der Waals surface area contributed by atoms with Crippen molar-refractivity contribution in [1.29, 1.82) is 0 Å². The molecule has 11 aromatic rings. The van der Waals surface area contributed by atoms with Gasteiger partial charge in [0.1, 0.15) is 0 Å². The topological polar surface area (TPSA) is 35.6 Å². The van der Waals surface area contributed by atoms with Crippen LogP contribution < -0.4 is 0 Å². The molecule has 0 atom stereocenters. The molecular formula is C50H32N4. The Morgan fingerprint density at radius 2 is 0.852 bits per heavy atom. The van der Waals surface area contributed by atoms with E-state index in [9.17, 15) is 0 Å². The molecule has 0 unspecified atom stereocenters. The Morgan fingerprint density at radius 3 is 1.50 bits per heavy atom. The van der Waals surface area contributed by atoms with E-state index in [0.29, 0.717) is 5.82 Å². The van der Waals surface area contributed by atoms with E-state index >= 15 is 0 Å². The van der Waals surface area contributed by atoms with E-state index in [2.05, 4.69) is 191 Å². The van der Waals surface area contributed by atoms with Crippen molar-refractivity contribution >= 4 is 54.5 Å². The summed E-state index contributed by atoms with van der Waals surface area (Å²) < 4.78 is 4.82. The summed E-state index contributed by atoms with van der Waals surface area (Å²) >= 11 is 0. The van der Waals surface area contributed by atoms with Crippen LogP contribution in [0.15, 0.2) is 194 Å². The highest BCUT2D eigenvalue weighted by molar-refractivity contribution is 6.29. The fourth-order valence-electron chi connectivity index (χ4n) is 8.39. The summed E-state index contributed by atoms with van der Waals surface area (Å²) in [6, 6.07) is 68.9. The Balaban J connectivity index is 1.19. The highest BCUT2D eigenvalue weighted by atomic mass is 15.0. The van der Waals surface area contributed by atoms with Crippen LogP contribution in [0.4, 0.5) is 0 Å². The number of hydrogen-bond donors (Lipinski definition) is 0. The van der Waals surface area contributed by atoms with Gasteiger partial charge in [0.15, 0.2) is 5.82 Å². The minimum atomic E-state index is 0.704. The molecule has 4 nitrogen and oxygen atoms in total. The number of benzene rings is 8. The van der Waals surface area contributed by atoms with E-state index in [1.165, 1.54) is 38.1 Å². The van der Waals surface area contributed by atoms with Crippen molar-refractivity contribution in [2.24, 2.45) is 0 Å². The molecule has 0 radical (unpaired) electrons. The van der Waals surface area contributed by atoms with Crippen molar-refractivity contribution in [2.45, 2.75) is 0 Å². The lowest BCUT2D eigenvalue weighted by Crippen LogP contribution is -1.99. The van der Waals surface area contributed by atoms with Crippen LogP contribution >= 0.6 is 0 Å². The van der Waals surface area contributed by atoms with Crippen molar-refractivity contribution in [3.05, 3.63) is 194 Å². The molecule has 11 rings (SSSR count). The molecule has 0 fully saturated rings. The van der Waals surface area contributed by atoms with Crippen molar-refractivity contribution in [3.63, 3.8) is 0 Å². The Kier molecular flexibility index (Phi) is 6.82. The van der Waals surface area contributed by atoms with Gasteiger partial charge in [-0.3, -0.25) is 0 Å². The van der Waals surface area contributed by atoms with Gasteiger partial charge in [-0.05, 0) is 71.8 Å². The predicted molar refractivity (Wildman–Crippen MR) is 225 cm³/mol. The highest BCUT2D eigenvalue weighted by Gasteiger charge is 2.22. The standard InChI is InChI=1S/C50H32N4/c1-4-16-33(17-5-1)41-32-36(28-29-37(41)50-51-42-25-13-10-22-38(42)49(52-50)34-18-6-2-7-19-34)54-44-27-15-12-24-40(44)48-46(54)31-30-45-47(48)39-23-11-14-26-43(39)53(45)35-20-8-3-9-21-35/h1-32H. The Hall–Kier alpha value is -7.30. The second-order valence-electron chi connectivity index (χ2n) is 13.8. The van der Waals surface area contributed by atoms with Gasteiger partial charge in [0.2, 0.25) is 0 Å². The van der Waals surface area contributed by atoms with Crippen molar-refractivity contribution in [1.82, 2.24) is 19.1 Å². The second-order valence-corrected chi connectivity index (χ2v) is 13.8. The zero-order valence-corrected chi connectivity index (χ0v) is 29.3. The van der Waals surface area contributed by atoms with Gasteiger partial charge in [0, 0.05) is 49.4 Å². The first-order valence-corrected chi connectivity index (χ1v) is 18.3. The summed E-state index contributed by atoms with van der Waals surface area (Å²) in [6.07, 6.45) is 0. The van der Waals surface area contributed by atoms with E-state index in [-0.39, 0.29) is 0 Å². The third kappa shape index (κ3) is 4.64. The van der Waals surface area contributed by atoms with E-state index < -0.39 is 0 Å². The second kappa shape index (κ2) is 12.1. The number of aromatic nitrogens is 4. The molecule has 0 bridgehead atoms. The molecule has 0 N–H and O–H groups in total. The number of rotatable bonds is 5. The van der Waals surface area contributed by atoms with Gasteiger partial charge in [-0.15, -0.1) is 0 Å². The molecule has 3 aromatic heterocycles. The number of hydrogen-bond acceptors (Lipinski definition) is 2. The monoisotopic (exact) mass is 688 g/mol. The van der Waals surface area contributed by atoms with Crippen LogP contribution in [0.3, 0.4) is 0 Å². The minimum absolute atomic E-state index is 0.704. The smallest absolute Gasteiger partial charge is 0.161 e. The Morgan fingerprint density at radius 1 is 0.333 bits per heavy atom. The van der Waals surface area contributed by atoms with Gasteiger partial charge in [0.05, 0.1) is 33.3 Å². The van der Waals surface area contributed by atoms with Crippen LogP contribution in [0.25, 0.3) is 99.7 Å². The normalized spacial score (nSPS) is 11.7. The molecule has 3 heterocycles. The molecule has 4 heteroatoms. The van der Waals surface area contributed by atoms with Crippen molar-refractivity contribution in [3.8, 4) is 45.1 Å². The van der Waals surface area contributed by atoms with E-state index in [1.807, 2.05) is 12.1 Å². The average Bonchev–Trinajstić information content (AvgIpc) is 3.77. The van der Waals surface area contributed by atoms with Gasteiger partial charge in [-0.1, -0.05) is 133 Å². The van der Waals surface area contributed by atoms with Gasteiger partial charge < -0.3 is 9.13 Å². The van der Waals surface area contributed by atoms with Crippen molar-refractivity contribution < 1.29 is 0 Å². The Labute approximate surface area is 311 Å². The summed E-state index contributed by atoms with van der Waals surface area (Å²) in [4.78, 5) is 10.5. The minimum Gasteiger partial charge on any atom is -0.309 e. The molecule has 0 saturated heterocycles. The lowest BCUT2D eigenvalue weighted by molar-refractivity contribution is 1.17. The van der Waals surface area contributed by atoms with Crippen molar-refractivity contribution in [2.75, 3.05) is 0 Å². The van der Waals surface area contributed by atoms with Gasteiger partial charge >= 0.3 is 0 Å². The molecule has 252 valence electrons. The predicted octanol–water partition coefficient (Wildman–Crippen LogP) is 12.8. The highest BCUT2D eigenvalue weighted by Crippen LogP contribution is 2.43. The number of fused-ring (bicyclic) bond motifs is 8. The molecule has 0 saturated carbocycles. The summed E-state index contributed by atoms with van der Waals surface area (Å²) in [5.74, 6) is 0.704. The van der Waals surface area contributed by atoms with Crippen LogP contribution in [0.5, 0.6) is 0 Å². The maximum absolute atomic E-state index is 5.29. The molecule has 0 amide bonds. The summed E-state index contributed by atoms with van der Waals surface area (Å²) in [5.41, 5.74) is 13.1. The van der Waals surface area contributed by atoms with Crippen LogP contribution in [0, 0.1) is 0 Å². The first kappa shape index (κ1) is 30.3. The Bertz CT molecular complexity index is 3200. The van der Waals surface area contributed by atoms with Crippen LogP contribution in [0.1, 0.15) is 0 Å². The molecule has 0 aliphatic rings. The first-order valence-electron chi connectivity index (χ1n) is 18.3. The van der Waals surface area contributed by atoms with Gasteiger partial charge in [0.25, 0.3) is 0 Å².